The van der Waals surface area contributed by atoms with Gasteiger partial charge in [-0.3, -0.25) is 0 Å². The van der Waals surface area contributed by atoms with E-state index in [1.165, 1.54) is 15.0 Å². The summed E-state index contributed by atoms with van der Waals surface area (Å²) in [6, 6.07) is 10.9. The van der Waals surface area contributed by atoms with E-state index < -0.39 is 0 Å². The van der Waals surface area contributed by atoms with Crippen LogP contribution in [0.2, 0.25) is 0 Å². The number of benzene rings is 1. The maximum atomic E-state index is 2.38. The Bertz CT molecular complexity index is 463. The fraction of sp³-hybridized carbons (Fsp3) is 0.375. The number of allylic oxidation sites excluding steroid dienone is 4. The topological polar surface area (TPSA) is 0 Å². The van der Waals surface area contributed by atoms with E-state index in [1.54, 1.807) is 0 Å². The van der Waals surface area contributed by atoms with Gasteiger partial charge in [0, 0.05) is 0 Å². The first-order valence-corrected chi connectivity index (χ1v) is 7.02. The first kappa shape index (κ1) is 19.0. The summed E-state index contributed by atoms with van der Waals surface area (Å²) in [4.78, 5) is 0. The van der Waals surface area contributed by atoms with Crippen LogP contribution < -0.4 is 0 Å². The first-order chi connectivity index (χ1) is 8.06. The summed E-state index contributed by atoms with van der Waals surface area (Å²) in [6.07, 6.45) is 5.72. The van der Waals surface area contributed by atoms with Gasteiger partial charge >= 0.3 is 116 Å². The van der Waals surface area contributed by atoms with Crippen LogP contribution in [-0.4, -0.2) is 0 Å². The van der Waals surface area contributed by atoms with Crippen molar-refractivity contribution < 1.29 is 20.4 Å². The van der Waals surface area contributed by atoms with E-state index in [0.717, 1.165) is 6.42 Å². The van der Waals surface area contributed by atoms with Crippen molar-refractivity contribution in [3.63, 3.8) is 0 Å². The minimum atomic E-state index is 0. The molecule has 1 aliphatic carbocycles. The molecule has 1 aliphatic rings. The Morgan fingerprint density at radius 1 is 1.11 bits per heavy atom. The molecule has 0 saturated carbocycles. The van der Waals surface area contributed by atoms with E-state index in [1.807, 2.05) is 0 Å². The molecule has 0 spiro atoms. The van der Waals surface area contributed by atoms with Crippen LogP contribution in [0.1, 0.15) is 32.8 Å². The van der Waals surface area contributed by atoms with Gasteiger partial charge in [0.25, 0.3) is 0 Å². The minimum Gasteiger partial charge on any atom is -0.147 e. The third-order valence-corrected chi connectivity index (χ3v) is 4.76. The standard InChI is InChI=1S/C16H19.2ClH.Ti/c1-13(2)16(3,15-11-7-8-12-15)14-9-5-4-6-10-14;;;/h4-7,9-11,13H,8H2,1-3H3;2*1H;. The molecule has 0 N–H and O–H groups in total. The van der Waals surface area contributed by atoms with Crippen molar-refractivity contribution in [2.75, 3.05) is 0 Å². The smallest absolute Gasteiger partial charge is 0.147 e. The minimum absolute atomic E-state index is 0. The molecule has 0 bridgehead atoms. The number of rotatable bonds is 3. The molecule has 0 heterocycles. The molecule has 0 aromatic heterocycles. The second-order valence-corrected chi connectivity index (χ2v) is 6.16. The van der Waals surface area contributed by atoms with E-state index in [4.69, 9.17) is 0 Å². The van der Waals surface area contributed by atoms with Gasteiger partial charge in [-0.1, -0.05) is 0 Å². The third-order valence-electron chi connectivity index (χ3n) is 4.02. The fourth-order valence-corrected chi connectivity index (χ4v) is 3.30. The van der Waals surface area contributed by atoms with Gasteiger partial charge in [-0.2, -0.15) is 0 Å². The van der Waals surface area contributed by atoms with Gasteiger partial charge in [0.1, 0.15) is 0 Å². The summed E-state index contributed by atoms with van der Waals surface area (Å²) < 4.78 is 1.52. The molecule has 0 amide bonds. The molecule has 3 heteroatoms. The van der Waals surface area contributed by atoms with Crippen LogP contribution in [0.4, 0.5) is 0 Å². The molecule has 1 atom stereocenters. The quantitative estimate of drug-likeness (QED) is 0.667. The van der Waals surface area contributed by atoms with E-state index in [0.29, 0.717) is 5.92 Å². The van der Waals surface area contributed by atoms with E-state index in [-0.39, 0.29) is 30.2 Å². The maximum absolute atomic E-state index is 2.38. The molecule has 2 rings (SSSR count). The predicted molar refractivity (Wildman–Crippen MR) is 83.9 cm³/mol. The van der Waals surface area contributed by atoms with Crippen LogP contribution in [0.15, 0.2) is 51.9 Å². The molecular formula is C16H21Cl2Ti. The van der Waals surface area contributed by atoms with Gasteiger partial charge in [0.05, 0.1) is 0 Å². The molecular weight excluding hydrogens is 311 g/mol. The number of hydrogen-bond acceptors (Lipinski definition) is 0. The average Bonchev–Trinajstić information content (AvgIpc) is 2.76. The van der Waals surface area contributed by atoms with Gasteiger partial charge in [-0.05, 0) is 0 Å². The normalized spacial score (nSPS) is 16.8. The van der Waals surface area contributed by atoms with Crippen LogP contribution in [-0.2, 0) is 25.9 Å². The zero-order valence-electron chi connectivity index (χ0n) is 11.6. The summed E-state index contributed by atoms with van der Waals surface area (Å²) in [5.74, 6) is 0.595. The van der Waals surface area contributed by atoms with E-state index in [9.17, 15) is 0 Å². The van der Waals surface area contributed by atoms with Crippen molar-refractivity contribution in [1.29, 1.82) is 0 Å². The van der Waals surface area contributed by atoms with Crippen LogP contribution in [0.25, 0.3) is 0 Å². The van der Waals surface area contributed by atoms with Crippen LogP contribution in [0.5, 0.6) is 0 Å². The Morgan fingerprint density at radius 2 is 1.68 bits per heavy atom. The van der Waals surface area contributed by atoms with Crippen molar-refractivity contribution >= 4 is 24.8 Å². The summed E-state index contributed by atoms with van der Waals surface area (Å²) in [6.45, 7) is 7.01. The van der Waals surface area contributed by atoms with Gasteiger partial charge in [0.15, 0.2) is 0 Å². The van der Waals surface area contributed by atoms with Gasteiger partial charge in [-0.25, -0.2) is 0 Å². The molecule has 0 nitrogen and oxygen atoms in total. The molecule has 0 aliphatic heterocycles. The molecule has 1 aromatic rings. The average molecular weight is 332 g/mol. The maximum Gasteiger partial charge on any atom is -0.147 e. The van der Waals surface area contributed by atoms with Crippen molar-refractivity contribution in [2.45, 2.75) is 32.6 Å². The van der Waals surface area contributed by atoms with E-state index in [2.05, 4.69) is 83.7 Å². The second-order valence-electron chi connectivity index (χ2n) is 5.22. The van der Waals surface area contributed by atoms with Gasteiger partial charge < -0.3 is 0 Å². The van der Waals surface area contributed by atoms with Crippen molar-refractivity contribution in [3.05, 3.63) is 57.5 Å². The molecule has 1 unspecified atom stereocenters. The Hall–Kier alpha value is -0.00571. The van der Waals surface area contributed by atoms with Crippen LogP contribution in [0.3, 0.4) is 0 Å². The first-order valence-electron chi connectivity index (χ1n) is 6.24. The fourth-order valence-electron chi connectivity index (χ4n) is 2.58. The largest absolute Gasteiger partial charge is 0.147 e. The Labute approximate surface area is 141 Å². The summed E-state index contributed by atoms with van der Waals surface area (Å²) in [5.41, 5.74) is 3.08. The molecule has 19 heavy (non-hydrogen) atoms. The Kier molecular flexibility index (Phi) is 7.69. The second kappa shape index (κ2) is 7.69. The zero-order valence-corrected chi connectivity index (χ0v) is 14.8. The van der Waals surface area contributed by atoms with E-state index >= 15 is 0 Å². The zero-order chi connectivity index (χ0) is 12.5. The summed E-state index contributed by atoms with van der Waals surface area (Å²) >= 11 is 2.26. The van der Waals surface area contributed by atoms with Gasteiger partial charge in [0.2, 0.25) is 0 Å². The number of hydrogen-bond donors (Lipinski definition) is 0. The molecule has 0 radical (unpaired) electrons. The van der Waals surface area contributed by atoms with Crippen LogP contribution >= 0.6 is 24.8 Å². The van der Waals surface area contributed by atoms with Crippen LogP contribution in [0, 0.1) is 5.92 Å². The predicted octanol–water partition coefficient (Wildman–Crippen LogP) is 5.20. The van der Waals surface area contributed by atoms with Gasteiger partial charge in [-0.15, -0.1) is 24.8 Å². The van der Waals surface area contributed by atoms with Crippen molar-refractivity contribution in [2.24, 2.45) is 5.92 Å². The number of halogens is 2. The summed E-state index contributed by atoms with van der Waals surface area (Å²) in [5, 5.41) is 0. The Balaban J connectivity index is 0.00000162. The molecule has 103 valence electrons. The van der Waals surface area contributed by atoms with Crippen molar-refractivity contribution in [1.82, 2.24) is 0 Å². The molecule has 0 fully saturated rings. The van der Waals surface area contributed by atoms with Crippen molar-refractivity contribution in [3.8, 4) is 0 Å². The SMILES string of the molecule is CC(C)C(C)(C1=[C]([Ti])CC=C1)c1ccccc1.Cl.Cl. The monoisotopic (exact) mass is 331 g/mol. The summed E-state index contributed by atoms with van der Waals surface area (Å²) in [7, 11) is 0. The molecule has 1 aromatic carbocycles. The Morgan fingerprint density at radius 3 is 2.11 bits per heavy atom. The third kappa shape index (κ3) is 3.55. The molecule has 0 saturated heterocycles.